The summed E-state index contributed by atoms with van der Waals surface area (Å²) in [5, 5.41) is 0. The summed E-state index contributed by atoms with van der Waals surface area (Å²) < 4.78 is 11.7. The standard InChI is InChI=1S/C13H21BrN2O2/c1-4-5-6-17-7-8-18-12-9-11(14)15-13(16-12)10(2)3/h9-10H,4-8H2,1-3H3. The minimum absolute atomic E-state index is 0.283. The summed E-state index contributed by atoms with van der Waals surface area (Å²) in [7, 11) is 0. The first kappa shape index (κ1) is 15.4. The van der Waals surface area contributed by atoms with Gasteiger partial charge in [-0.15, -0.1) is 0 Å². The van der Waals surface area contributed by atoms with Crippen molar-refractivity contribution in [1.29, 1.82) is 0 Å². The fraction of sp³-hybridized carbons (Fsp3) is 0.692. The van der Waals surface area contributed by atoms with Crippen LogP contribution in [-0.2, 0) is 4.74 Å². The van der Waals surface area contributed by atoms with Gasteiger partial charge in [0.1, 0.15) is 17.0 Å². The van der Waals surface area contributed by atoms with Gasteiger partial charge in [0.15, 0.2) is 0 Å². The fourth-order valence-corrected chi connectivity index (χ4v) is 1.68. The van der Waals surface area contributed by atoms with Crippen molar-refractivity contribution in [3.05, 3.63) is 16.5 Å². The molecule has 0 bridgehead atoms. The van der Waals surface area contributed by atoms with E-state index in [0.29, 0.717) is 19.1 Å². The fourth-order valence-electron chi connectivity index (χ4n) is 1.30. The molecule has 0 saturated heterocycles. The van der Waals surface area contributed by atoms with E-state index in [0.717, 1.165) is 29.9 Å². The second-order valence-electron chi connectivity index (χ2n) is 4.36. The third kappa shape index (κ3) is 5.78. The molecule has 0 fully saturated rings. The highest BCUT2D eigenvalue weighted by Gasteiger charge is 2.07. The van der Waals surface area contributed by atoms with Crippen LogP contribution in [0.2, 0.25) is 0 Å². The van der Waals surface area contributed by atoms with E-state index >= 15 is 0 Å². The van der Waals surface area contributed by atoms with Crippen LogP contribution in [0, 0.1) is 0 Å². The zero-order chi connectivity index (χ0) is 13.4. The van der Waals surface area contributed by atoms with Crippen molar-refractivity contribution in [3.63, 3.8) is 0 Å². The predicted molar refractivity (Wildman–Crippen MR) is 75.0 cm³/mol. The summed E-state index contributed by atoms with van der Waals surface area (Å²) in [6.45, 7) is 8.17. The van der Waals surface area contributed by atoms with Crippen LogP contribution in [0.1, 0.15) is 45.4 Å². The van der Waals surface area contributed by atoms with Gasteiger partial charge in [0.2, 0.25) is 5.88 Å². The Labute approximate surface area is 117 Å². The Morgan fingerprint density at radius 1 is 1.22 bits per heavy atom. The molecule has 0 saturated carbocycles. The number of hydrogen-bond donors (Lipinski definition) is 0. The number of halogens is 1. The third-order valence-corrected chi connectivity index (χ3v) is 2.73. The molecule has 102 valence electrons. The first-order chi connectivity index (χ1) is 8.63. The number of rotatable bonds is 8. The minimum atomic E-state index is 0.283. The van der Waals surface area contributed by atoms with Crippen LogP contribution in [-0.4, -0.2) is 29.8 Å². The number of nitrogens with zero attached hydrogens (tertiary/aromatic N) is 2. The van der Waals surface area contributed by atoms with Gasteiger partial charge in [-0.05, 0) is 22.4 Å². The molecule has 0 aliphatic heterocycles. The first-order valence-electron chi connectivity index (χ1n) is 6.38. The Balaban J connectivity index is 2.37. The third-order valence-electron chi connectivity index (χ3n) is 2.32. The molecule has 0 aliphatic carbocycles. The topological polar surface area (TPSA) is 44.2 Å². The quantitative estimate of drug-likeness (QED) is 0.543. The van der Waals surface area contributed by atoms with Crippen molar-refractivity contribution in [3.8, 4) is 5.88 Å². The van der Waals surface area contributed by atoms with Crippen molar-refractivity contribution < 1.29 is 9.47 Å². The van der Waals surface area contributed by atoms with E-state index in [9.17, 15) is 0 Å². The van der Waals surface area contributed by atoms with Gasteiger partial charge >= 0.3 is 0 Å². The highest BCUT2D eigenvalue weighted by Crippen LogP contribution is 2.18. The monoisotopic (exact) mass is 316 g/mol. The summed E-state index contributed by atoms with van der Waals surface area (Å²) in [6, 6.07) is 1.78. The molecule has 1 rings (SSSR count). The molecule has 5 heteroatoms. The Morgan fingerprint density at radius 2 is 2.00 bits per heavy atom. The molecule has 1 heterocycles. The average Bonchev–Trinajstić information content (AvgIpc) is 2.33. The molecule has 18 heavy (non-hydrogen) atoms. The molecule has 0 N–H and O–H groups in total. The first-order valence-corrected chi connectivity index (χ1v) is 7.17. The normalized spacial score (nSPS) is 10.9. The van der Waals surface area contributed by atoms with Crippen LogP contribution in [0.25, 0.3) is 0 Å². The maximum Gasteiger partial charge on any atom is 0.217 e. The van der Waals surface area contributed by atoms with Crippen LogP contribution in [0.4, 0.5) is 0 Å². The summed E-state index contributed by atoms with van der Waals surface area (Å²) >= 11 is 3.36. The molecule has 0 spiro atoms. The van der Waals surface area contributed by atoms with E-state index in [4.69, 9.17) is 9.47 Å². The van der Waals surface area contributed by atoms with Crippen molar-refractivity contribution in [2.24, 2.45) is 0 Å². The van der Waals surface area contributed by atoms with Crippen molar-refractivity contribution >= 4 is 15.9 Å². The molecular weight excluding hydrogens is 296 g/mol. The van der Waals surface area contributed by atoms with Crippen LogP contribution < -0.4 is 4.74 Å². The largest absolute Gasteiger partial charge is 0.475 e. The lowest BCUT2D eigenvalue weighted by Crippen LogP contribution is -2.09. The van der Waals surface area contributed by atoms with Gasteiger partial charge in [0.05, 0.1) is 6.61 Å². The van der Waals surface area contributed by atoms with E-state index in [1.54, 1.807) is 6.07 Å². The predicted octanol–water partition coefficient (Wildman–Crippen LogP) is 3.56. The Kier molecular flexibility index (Phi) is 7.20. The summed E-state index contributed by atoms with van der Waals surface area (Å²) in [5.41, 5.74) is 0. The molecule has 0 aliphatic rings. The molecule has 4 nitrogen and oxygen atoms in total. The summed E-state index contributed by atoms with van der Waals surface area (Å²) in [5.74, 6) is 1.66. The molecule has 0 radical (unpaired) electrons. The SMILES string of the molecule is CCCCOCCOc1cc(Br)nc(C(C)C)n1. The minimum Gasteiger partial charge on any atom is -0.475 e. The van der Waals surface area contributed by atoms with Gasteiger partial charge in [-0.1, -0.05) is 27.2 Å². The Bertz CT molecular complexity index is 359. The average molecular weight is 317 g/mol. The van der Waals surface area contributed by atoms with Gasteiger partial charge in [0.25, 0.3) is 0 Å². The summed E-state index contributed by atoms with van der Waals surface area (Å²) in [4.78, 5) is 8.64. The van der Waals surface area contributed by atoms with Gasteiger partial charge in [-0.3, -0.25) is 0 Å². The number of hydrogen-bond acceptors (Lipinski definition) is 4. The lowest BCUT2D eigenvalue weighted by molar-refractivity contribution is 0.0963. The molecule has 1 aromatic heterocycles. The van der Waals surface area contributed by atoms with Crippen molar-refractivity contribution in [2.75, 3.05) is 19.8 Å². The number of aromatic nitrogens is 2. The van der Waals surface area contributed by atoms with Crippen molar-refractivity contribution in [2.45, 2.75) is 39.5 Å². The van der Waals surface area contributed by atoms with Crippen LogP contribution in [0.3, 0.4) is 0 Å². The number of ether oxygens (including phenoxy) is 2. The molecule has 0 amide bonds. The van der Waals surface area contributed by atoms with Crippen LogP contribution in [0.15, 0.2) is 10.7 Å². The Hall–Kier alpha value is -0.680. The van der Waals surface area contributed by atoms with Crippen LogP contribution >= 0.6 is 15.9 Å². The zero-order valence-electron chi connectivity index (χ0n) is 11.3. The number of unbranched alkanes of at least 4 members (excludes halogenated alkanes) is 1. The second-order valence-corrected chi connectivity index (χ2v) is 5.17. The van der Waals surface area contributed by atoms with Gasteiger partial charge in [0, 0.05) is 18.6 Å². The van der Waals surface area contributed by atoms with E-state index in [1.807, 2.05) is 0 Å². The van der Waals surface area contributed by atoms with E-state index in [-0.39, 0.29) is 5.92 Å². The Morgan fingerprint density at radius 3 is 2.67 bits per heavy atom. The maximum atomic E-state index is 5.55. The van der Waals surface area contributed by atoms with Gasteiger partial charge in [-0.25, -0.2) is 4.98 Å². The smallest absolute Gasteiger partial charge is 0.217 e. The van der Waals surface area contributed by atoms with Crippen molar-refractivity contribution in [1.82, 2.24) is 9.97 Å². The lowest BCUT2D eigenvalue weighted by atomic mass is 10.2. The summed E-state index contributed by atoms with van der Waals surface area (Å²) in [6.07, 6.45) is 2.24. The zero-order valence-corrected chi connectivity index (χ0v) is 12.9. The maximum absolute atomic E-state index is 5.55. The molecule has 0 aromatic carbocycles. The molecule has 0 atom stereocenters. The van der Waals surface area contributed by atoms with E-state index in [1.165, 1.54) is 0 Å². The van der Waals surface area contributed by atoms with E-state index in [2.05, 4.69) is 46.7 Å². The molecular formula is C13H21BrN2O2. The second kappa shape index (κ2) is 8.43. The van der Waals surface area contributed by atoms with Gasteiger partial charge < -0.3 is 9.47 Å². The highest BCUT2D eigenvalue weighted by molar-refractivity contribution is 9.10. The molecule has 1 aromatic rings. The van der Waals surface area contributed by atoms with Crippen LogP contribution in [0.5, 0.6) is 5.88 Å². The molecule has 0 unspecified atom stereocenters. The van der Waals surface area contributed by atoms with Gasteiger partial charge in [-0.2, -0.15) is 4.98 Å². The highest BCUT2D eigenvalue weighted by atomic mass is 79.9. The lowest BCUT2D eigenvalue weighted by Gasteiger charge is -2.09. The van der Waals surface area contributed by atoms with E-state index < -0.39 is 0 Å².